The van der Waals surface area contributed by atoms with Gasteiger partial charge in [0.1, 0.15) is 11.7 Å². The maximum Gasteiger partial charge on any atom is 0.309 e. The first-order chi connectivity index (χ1) is 4.93. The van der Waals surface area contributed by atoms with Gasteiger partial charge in [0.25, 0.3) is 0 Å². The summed E-state index contributed by atoms with van der Waals surface area (Å²) in [5.74, 6) is -0.120. The van der Waals surface area contributed by atoms with Gasteiger partial charge in [-0.3, -0.25) is 4.79 Å². The number of esters is 1. The molecule has 3 nitrogen and oxygen atoms in total. The van der Waals surface area contributed by atoms with Crippen molar-refractivity contribution < 1.29 is 14.6 Å². The normalized spacial score (nSPS) is 37.9. The monoisotopic (exact) mass is 158 g/mol. The number of aliphatic hydroxyl groups is 1. The van der Waals surface area contributed by atoms with Crippen molar-refractivity contribution in [2.75, 3.05) is 0 Å². The summed E-state index contributed by atoms with van der Waals surface area (Å²) >= 11 is 0. The first-order valence-electron chi connectivity index (χ1n) is 3.85. The minimum Gasteiger partial charge on any atom is -0.459 e. The minimum absolute atomic E-state index is 0.121. The van der Waals surface area contributed by atoms with Crippen LogP contribution in [0.4, 0.5) is 0 Å². The van der Waals surface area contributed by atoms with E-state index in [1.807, 2.05) is 13.8 Å². The molecule has 0 aromatic heterocycles. The molecule has 1 heterocycles. The van der Waals surface area contributed by atoms with Gasteiger partial charge in [-0.15, -0.1) is 0 Å². The van der Waals surface area contributed by atoms with Crippen molar-refractivity contribution >= 4 is 5.97 Å². The number of hydrogen-bond donors (Lipinski definition) is 1. The molecule has 0 saturated carbocycles. The lowest BCUT2D eigenvalue weighted by Gasteiger charge is -2.25. The zero-order valence-electron chi connectivity index (χ0n) is 7.13. The predicted molar refractivity (Wildman–Crippen MR) is 40.0 cm³/mol. The SMILES string of the molecule is CC(C)[C@H]1OC(=O)C[C@@]1(C)O. The Morgan fingerprint density at radius 1 is 1.73 bits per heavy atom. The van der Waals surface area contributed by atoms with E-state index in [0.29, 0.717) is 0 Å². The Morgan fingerprint density at radius 2 is 2.27 bits per heavy atom. The number of carbonyl (C=O) groups excluding carboxylic acids is 1. The summed E-state index contributed by atoms with van der Waals surface area (Å²) in [6, 6.07) is 0. The van der Waals surface area contributed by atoms with Gasteiger partial charge < -0.3 is 9.84 Å². The molecule has 0 unspecified atom stereocenters. The Hall–Kier alpha value is -0.570. The fourth-order valence-electron chi connectivity index (χ4n) is 1.56. The van der Waals surface area contributed by atoms with Crippen molar-refractivity contribution in [2.45, 2.75) is 38.9 Å². The molecule has 11 heavy (non-hydrogen) atoms. The molecule has 1 N–H and O–H groups in total. The van der Waals surface area contributed by atoms with Crippen molar-refractivity contribution in [1.82, 2.24) is 0 Å². The molecule has 1 saturated heterocycles. The van der Waals surface area contributed by atoms with Gasteiger partial charge in [0.2, 0.25) is 0 Å². The summed E-state index contributed by atoms with van der Waals surface area (Å²) in [5, 5.41) is 9.65. The minimum atomic E-state index is -0.967. The molecular weight excluding hydrogens is 144 g/mol. The highest BCUT2D eigenvalue weighted by molar-refractivity contribution is 5.73. The van der Waals surface area contributed by atoms with Gasteiger partial charge in [-0.25, -0.2) is 0 Å². The Balaban J connectivity index is 2.74. The highest BCUT2D eigenvalue weighted by Gasteiger charge is 2.45. The molecule has 0 aromatic carbocycles. The van der Waals surface area contributed by atoms with Crippen LogP contribution in [0.25, 0.3) is 0 Å². The largest absolute Gasteiger partial charge is 0.459 e. The van der Waals surface area contributed by atoms with Crippen LogP contribution in [0, 0.1) is 5.92 Å². The van der Waals surface area contributed by atoms with E-state index in [4.69, 9.17) is 4.74 Å². The van der Waals surface area contributed by atoms with E-state index in [0.717, 1.165) is 0 Å². The van der Waals surface area contributed by atoms with Crippen LogP contribution in [0.15, 0.2) is 0 Å². The molecule has 0 bridgehead atoms. The maximum atomic E-state index is 10.8. The number of carbonyl (C=O) groups is 1. The number of hydrogen-bond acceptors (Lipinski definition) is 3. The summed E-state index contributed by atoms with van der Waals surface area (Å²) in [7, 11) is 0. The van der Waals surface area contributed by atoms with Crippen molar-refractivity contribution in [3.63, 3.8) is 0 Å². The van der Waals surface area contributed by atoms with Crippen LogP contribution in [0.1, 0.15) is 27.2 Å². The second-order valence-corrected chi connectivity index (χ2v) is 3.69. The lowest BCUT2D eigenvalue weighted by atomic mass is 9.90. The van der Waals surface area contributed by atoms with Gasteiger partial charge >= 0.3 is 5.97 Å². The molecular formula is C8H14O3. The first-order valence-corrected chi connectivity index (χ1v) is 3.85. The molecule has 0 radical (unpaired) electrons. The average molecular weight is 158 g/mol. The maximum absolute atomic E-state index is 10.8. The van der Waals surface area contributed by atoms with Crippen LogP contribution >= 0.6 is 0 Å². The summed E-state index contributed by atoms with van der Waals surface area (Å²) in [6.07, 6.45) is -0.217. The molecule has 2 atom stereocenters. The van der Waals surface area contributed by atoms with Crippen molar-refractivity contribution in [3.8, 4) is 0 Å². The number of rotatable bonds is 1. The van der Waals surface area contributed by atoms with Gasteiger partial charge in [0.05, 0.1) is 6.42 Å². The van der Waals surface area contributed by atoms with E-state index in [-0.39, 0.29) is 24.4 Å². The highest BCUT2D eigenvalue weighted by Crippen LogP contribution is 2.30. The molecule has 0 spiro atoms. The Kier molecular flexibility index (Phi) is 1.92. The second kappa shape index (κ2) is 2.48. The average Bonchev–Trinajstić information content (AvgIpc) is 2.04. The van der Waals surface area contributed by atoms with Gasteiger partial charge in [-0.05, 0) is 12.8 Å². The molecule has 1 rings (SSSR count). The fraction of sp³-hybridized carbons (Fsp3) is 0.875. The molecule has 0 amide bonds. The number of cyclic esters (lactones) is 1. The number of ether oxygens (including phenoxy) is 1. The van der Waals surface area contributed by atoms with Crippen LogP contribution in [0.2, 0.25) is 0 Å². The first kappa shape index (κ1) is 8.53. The smallest absolute Gasteiger partial charge is 0.309 e. The van der Waals surface area contributed by atoms with Crippen LogP contribution in [-0.4, -0.2) is 22.8 Å². The molecule has 1 fully saturated rings. The third-order valence-corrected chi connectivity index (χ3v) is 1.98. The van der Waals surface area contributed by atoms with Crippen LogP contribution in [0.5, 0.6) is 0 Å². The molecule has 0 aromatic rings. The van der Waals surface area contributed by atoms with Gasteiger partial charge in [-0.2, -0.15) is 0 Å². The molecule has 1 aliphatic rings. The summed E-state index contributed by atoms with van der Waals surface area (Å²) in [5.41, 5.74) is -0.967. The van der Waals surface area contributed by atoms with Crippen LogP contribution in [-0.2, 0) is 9.53 Å². The quantitative estimate of drug-likeness (QED) is 0.572. The lowest BCUT2D eigenvalue weighted by molar-refractivity contribution is -0.144. The fourth-order valence-corrected chi connectivity index (χ4v) is 1.56. The summed E-state index contributed by atoms with van der Waals surface area (Å²) < 4.78 is 4.95. The van der Waals surface area contributed by atoms with Gasteiger partial charge in [-0.1, -0.05) is 13.8 Å². The third kappa shape index (κ3) is 1.53. The van der Waals surface area contributed by atoms with E-state index >= 15 is 0 Å². The lowest BCUT2D eigenvalue weighted by Crippen LogP contribution is -2.38. The van der Waals surface area contributed by atoms with E-state index in [9.17, 15) is 9.90 Å². The summed E-state index contributed by atoms with van der Waals surface area (Å²) in [6.45, 7) is 5.50. The molecule has 64 valence electrons. The predicted octanol–water partition coefficient (Wildman–Crippen LogP) is 0.709. The van der Waals surface area contributed by atoms with Crippen LogP contribution < -0.4 is 0 Å². The molecule has 3 heteroatoms. The van der Waals surface area contributed by atoms with Crippen molar-refractivity contribution in [3.05, 3.63) is 0 Å². The molecule has 1 aliphatic heterocycles. The highest BCUT2D eigenvalue weighted by atomic mass is 16.6. The Morgan fingerprint density at radius 3 is 2.45 bits per heavy atom. The Bertz CT molecular complexity index is 172. The summed E-state index contributed by atoms with van der Waals surface area (Å²) in [4.78, 5) is 10.8. The third-order valence-electron chi connectivity index (χ3n) is 1.98. The van der Waals surface area contributed by atoms with E-state index in [1.165, 1.54) is 0 Å². The standard InChI is InChI=1S/C8H14O3/c1-5(2)7-8(3,10)4-6(9)11-7/h5,7,10H,4H2,1-3H3/t7-,8-/m1/s1. The molecule has 0 aliphatic carbocycles. The Labute approximate surface area is 66.4 Å². The van der Waals surface area contributed by atoms with E-state index in [2.05, 4.69) is 0 Å². The van der Waals surface area contributed by atoms with Gasteiger partial charge in [0.15, 0.2) is 0 Å². The topological polar surface area (TPSA) is 46.5 Å². The van der Waals surface area contributed by atoms with Crippen LogP contribution in [0.3, 0.4) is 0 Å². The zero-order valence-corrected chi connectivity index (χ0v) is 7.13. The van der Waals surface area contributed by atoms with Crippen molar-refractivity contribution in [1.29, 1.82) is 0 Å². The van der Waals surface area contributed by atoms with E-state index < -0.39 is 5.60 Å². The van der Waals surface area contributed by atoms with Gasteiger partial charge in [0, 0.05) is 0 Å². The second-order valence-electron chi connectivity index (χ2n) is 3.69. The van der Waals surface area contributed by atoms with Crippen molar-refractivity contribution in [2.24, 2.45) is 5.92 Å². The zero-order chi connectivity index (χ0) is 8.65. The van der Waals surface area contributed by atoms with E-state index in [1.54, 1.807) is 6.92 Å².